The zero-order chi connectivity index (χ0) is 24.1. The number of ether oxygens (including phenoxy) is 1. The van der Waals surface area contributed by atoms with Crippen LogP contribution in [0.1, 0.15) is 12.8 Å². The normalized spacial score (nSPS) is 20.1. The van der Waals surface area contributed by atoms with E-state index in [4.69, 9.17) is 20.0 Å². The third kappa shape index (κ3) is 3.74. The highest BCUT2D eigenvalue weighted by atomic mass is 16.5. The Bertz CT molecular complexity index is 1510. The predicted octanol–water partition coefficient (Wildman–Crippen LogP) is 4.34. The lowest BCUT2D eigenvalue weighted by atomic mass is 9.90. The Labute approximate surface area is 208 Å². The van der Waals surface area contributed by atoms with Crippen LogP contribution < -0.4 is 20.3 Å². The van der Waals surface area contributed by atoms with Crippen LogP contribution >= 0.6 is 0 Å². The summed E-state index contributed by atoms with van der Waals surface area (Å²) in [5.74, 6) is 1.31. The van der Waals surface area contributed by atoms with E-state index in [0.717, 1.165) is 67.1 Å². The first-order valence-electron chi connectivity index (χ1n) is 12.6. The molecule has 3 aromatic heterocycles. The first-order chi connectivity index (χ1) is 17.7. The highest BCUT2D eigenvalue weighted by Gasteiger charge is 2.28. The van der Waals surface area contributed by atoms with Gasteiger partial charge in [0, 0.05) is 55.0 Å². The third-order valence-corrected chi connectivity index (χ3v) is 7.29. The second kappa shape index (κ2) is 8.57. The molecule has 5 aromatic rings. The van der Waals surface area contributed by atoms with Crippen molar-refractivity contribution in [3.8, 4) is 17.3 Å². The highest BCUT2D eigenvalue weighted by Crippen LogP contribution is 2.35. The zero-order valence-corrected chi connectivity index (χ0v) is 20.0. The van der Waals surface area contributed by atoms with E-state index in [1.807, 2.05) is 18.2 Å². The predicted molar refractivity (Wildman–Crippen MR) is 141 cm³/mol. The first-order valence-corrected chi connectivity index (χ1v) is 12.6. The lowest BCUT2D eigenvalue weighted by Crippen LogP contribution is -2.46. The average molecular weight is 481 g/mol. The van der Waals surface area contributed by atoms with Gasteiger partial charge in [0.05, 0.1) is 6.20 Å². The molecule has 2 fully saturated rings. The van der Waals surface area contributed by atoms with Gasteiger partial charge in [0.25, 0.3) is 0 Å². The summed E-state index contributed by atoms with van der Waals surface area (Å²) < 4.78 is 14.1. The molecular weight excluding hydrogens is 452 g/mol. The van der Waals surface area contributed by atoms with Gasteiger partial charge < -0.3 is 24.7 Å². The fraction of sp³-hybridized carbons (Fsp3) is 0.286. The molecule has 0 radical (unpaired) electrons. The van der Waals surface area contributed by atoms with Crippen LogP contribution in [0.5, 0.6) is 5.88 Å². The molecule has 1 aliphatic carbocycles. The zero-order valence-electron chi connectivity index (χ0n) is 20.0. The largest absolute Gasteiger partial charge is 0.473 e. The van der Waals surface area contributed by atoms with Crippen molar-refractivity contribution in [2.24, 2.45) is 5.73 Å². The van der Waals surface area contributed by atoms with Gasteiger partial charge >= 0.3 is 0 Å². The van der Waals surface area contributed by atoms with Crippen molar-refractivity contribution in [2.75, 3.05) is 36.0 Å². The number of nitrogens with zero attached hydrogens (tertiary/aromatic N) is 5. The van der Waals surface area contributed by atoms with Crippen LogP contribution in [0.25, 0.3) is 28.1 Å². The average Bonchev–Trinajstić information content (AvgIpc) is 3.52. The van der Waals surface area contributed by atoms with Crippen LogP contribution in [-0.2, 0) is 0 Å². The number of anilines is 2. The number of para-hydroxylation sites is 1. The molecule has 0 unspecified atom stereocenters. The molecular formula is C28H28N6O2. The number of fused-ring (bicyclic) bond motifs is 2. The molecule has 1 saturated heterocycles. The van der Waals surface area contributed by atoms with Gasteiger partial charge in [-0.25, -0.2) is 9.50 Å². The van der Waals surface area contributed by atoms with Gasteiger partial charge in [0.1, 0.15) is 17.4 Å². The molecule has 7 rings (SSSR count). The minimum absolute atomic E-state index is 0.132. The molecule has 182 valence electrons. The number of piperazine rings is 1. The second-order valence-electron chi connectivity index (χ2n) is 9.67. The fourth-order valence-corrected chi connectivity index (χ4v) is 5.25. The molecule has 36 heavy (non-hydrogen) atoms. The van der Waals surface area contributed by atoms with Crippen molar-refractivity contribution in [1.29, 1.82) is 0 Å². The Morgan fingerprint density at radius 2 is 1.69 bits per heavy atom. The maximum Gasteiger partial charge on any atom is 0.232 e. The number of nitrogens with two attached hydrogens (primary N) is 1. The van der Waals surface area contributed by atoms with E-state index in [9.17, 15) is 0 Å². The molecule has 0 bridgehead atoms. The van der Waals surface area contributed by atoms with Gasteiger partial charge in [-0.1, -0.05) is 24.3 Å². The Morgan fingerprint density at radius 3 is 2.50 bits per heavy atom. The smallest absolute Gasteiger partial charge is 0.232 e. The summed E-state index contributed by atoms with van der Waals surface area (Å²) in [7, 11) is 0. The molecule has 1 saturated carbocycles. The summed E-state index contributed by atoms with van der Waals surface area (Å²) in [6.07, 6.45) is 3.67. The molecule has 8 heteroatoms. The van der Waals surface area contributed by atoms with Crippen LogP contribution in [0.4, 0.5) is 11.4 Å². The van der Waals surface area contributed by atoms with Gasteiger partial charge in [0.2, 0.25) is 5.88 Å². The van der Waals surface area contributed by atoms with Crippen molar-refractivity contribution in [1.82, 2.24) is 14.6 Å². The lowest BCUT2D eigenvalue weighted by Gasteiger charge is -2.37. The number of rotatable bonds is 5. The van der Waals surface area contributed by atoms with Crippen molar-refractivity contribution in [3.63, 3.8) is 0 Å². The summed E-state index contributed by atoms with van der Waals surface area (Å²) in [5.41, 5.74) is 10.8. The van der Waals surface area contributed by atoms with Gasteiger partial charge in [-0.15, -0.1) is 5.10 Å². The van der Waals surface area contributed by atoms with Crippen molar-refractivity contribution >= 4 is 28.0 Å². The number of imidazole rings is 1. The molecule has 1 aliphatic heterocycles. The van der Waals surface area contributed by atoms with Crippen molar-refractivity contribution in [3.05, 3.63) is 72.9 Å². The van der Waals surface area contributed by atoms with Crippen molar-refractivity contribution < 1.29 is 9.15 Å². The first kappa shape index (κ1) is 21.3. The number of benzene rings is 2. The Morgan fingerprint density at radius 1 is 0.889 bits per heavy atom. The minimum atomic E-state index is 0.132. The standard InChI is InChI=1S/C28H28N6O2/c29-19-15-21(16-19)35-28-10-9-27-30-18-24(34(27)31-28)26-17-22-23(7-4-8-25(22)36-26)33-13-11-32(12-14-33)20-5-2-1-3-6-20/h1-10,17-19,21H,11-16,29H2. The van der Waals surface area contributed by atoms with Crippen LogP contribution in [0.3, 0.4) is 0 Å². The number of furan rings is 1. The topological polar surface area (TPSA) is 85.1 Å². The van der Waals surface area contributed by atoms with Crippen molar-refractivity contribution in [2.45, 2.75) is 25.0 Å². The number of hydrogen-bond acceptors (Lipinski definition) is 7. The number of aromatic nitrogens is 3. The van der Waals surface area contributed by atoms with E-state index in [-0.39, 0.29) is 12.1 Å². The quantitative estimate of drug-likeness (QED) is 0.401. The van der Waals surface area contributed by atoms with E-state index in [1.54, 1.807) is 10.7 Å². The van der Waals surface area contributed by atoms with Gasteiger partial charge in [-0.2, -0.15) is 0 Å². The summed E-state index contributed by atoms with van der Waals surface area (Å²) >= 11 is 0. The molecule has 2 aromatic carbocycles. The summed E-state index contributed by atoms with van der Waals surface area (Å²) in [4.78, 5) is 9.42. The summed E-state index contributed by atoms with van der Waals surface area (Å²) in [5, 5.41) is 5.80. The molecule has 2 aliphatic rings. The summed E-state index contributed by atoms with van der Waals surface area (Å²) in [6, 6.07) is 23.0. The monoisotopic (exact) mass is 480 g/mol. The molecule has 2 N–H and O–H groups in total. The van der Waals surface area contributed by atoms with E-state index in [1.165, 1.54) is 11.4 Å². The maximum absolute atomic E-state index is 6.31. The Kier molecular flexibility index (Phi) is 5.06. The van der Waals surface area contributed by atoms with Crippen LogP contribution in [-0.4, -0.2) is 52.9 Å². The van der Waals surface area contributed by atoms with E-state index >= 15 is 0 Å². The molecule has 8 nitrogen and oxygen atoms in total. The molecule has 4 heterocycles. The molecule has 0 spiro atoms. The van der Waals surface area contributed by atoms with Crippen LogP contribution in [0.2, 0.25) is 0 Å². The second-order valence-corrected chi connectivity index (χ2v) is 9.67. The Balaban J connectivity index is 1.17. The van der Waals surface area contributed by atoms with E-state index in [2.05, 4.69) is 63.3 Å². The van der Waals surface area contributed by atoms with Crippen LogP contribution in [0.15, 0.2) is 77.3 Å². The Hall–Kier alpha value is -4.04. The van der Waals surface area contributed by atoms with Gasteiger partial charge in [-0.05, 0) is 49.2 Å². The minimum Gasteiger partial charge on any atom is -0.473 e. The maximum atomic E-state index is 6.31. The lowest BCUT2D eigenvalue weighted by molar-refractivity contribution is 0.0944. The fourth-order valence-electron chi connectivity index (χ4n) is 5.25. The van der Waals surface area contributed by atoms with E-state index < -0.39 is 0 Å². The summed E-state index contributed by atoms with van der Waals surface area (Å²) in [6.45, 7) is 3.88. The number of hydrogen-bond donors (Lipinski definition) is 1. The van der Waals surface area contributed by atoms with Crippen LogP contribution in [0, 0.1) is 0 Å². The van der Waals surface area contributed by atoms with E-state index in [0.29, 0.717) is 5.88 Å². The van der Waals surface area contributed by atoms with Gasteiger partial charge in [-0.3, -0.25) is 0 Å². The molecule has 0 amide bonds. The SMILES string of the molecule is NC1CC(Oc2ccc3ncc(-c4cc5c(N6CCN(c7ccccc7)CC6)cccc5o4)n3n2)C1. The molecule has 0 atom stereocenters. The highest BCUT2D eigenvalue weighted by molar-refractivity contribution is 5.94. The van der Waals surface area contributed by atoms with Gasteiger partial charge in [0.15, 0.2) is 11.4 Å². The third-order valence-electron chi connectivity index (χ3n) is 7.29.